The van der Waals surface area contributed by atoms with E-state index < -0.39 is 0 Å². The van der Waals surface area contributed by atoms with Crippen LogP contribution >= 0.6 is 0 Å². The highest BCUT2D eigenvalue weighted by atomic mass is 16.3. The first-order valence-electron chi connectivity index (χ1n) is 8.21. The van der Waals surface area contributed by atoms with Gasteiger partial charge in [0.25, 0.3) is 0 Å². The number of rotatable bonds is 3. The van der Waals surface area contributed by atoms with Gasteiger partial charge in [-0.1, -0.05) is 30.3 Å². The minimum absolute atomic E-state index is 0.863. The van der Waals surface area contributed by atoms with Gasteiger partial charge in [0.15, 0.2) is 0 Å². The molecule has 4 rings (SSSR count). The lowest BCUT2D eigenvalue weighted by Gasteiger charge is -2.15. The SMILES string of the molecule is C(=C1\CCCN=C1c1cccnc1)/c1ccc(-c2ccccc2)o1. The molecule has 0 bridgehead atoms. The summed E-state index contributed by atoms with van der Waals surface area (Å²) < 4.78 is 6.01. The summed E-state index contributed by atoms with van der Waals surface area (Å²) in [4.78, 5) is 8.92. The first kappa shape index (κ1) is 14.6. The maximum atomic E-state index is 6.01. The molecule has 0 saturated heterocycles. The van der Waals surface area contributed by atoms with Crippen LogP contribution in [-0.4, -0.2) is 17.2 Å². The molecule has 3 heterocycles. The van der Waals surface area contributed by atoms with E-state index >= 15 is 0 Å². The molecule has 1 aromatic carbocycles. The number of nitrogens with zero attached hydrogens (tertiary/aromatic N) is 2. The molecular formula is C21H18N2O. The van der Waals surface area contributed by atoms with Crippen LogP contribution < -0.4 is 0 Å². The number of pyridine rings is 1. The lowest BCUT2D eigenvalue weighted by molar-refractivity contribution is 0.571. The van der Waals surface area contributed by atoms with Crippen molar-refractivity contribution < 1.29 is 4.42 Å². The molecule has 3 heteroatoms. The summed E-state index contributed by atoms with van der Waals surface area (Å²) in [5.74, 6) is 1.75. The third kappa shape index (κ3) is 3.06. The van der Waals surface area contributed by atoms with Crippen molar-refractivity contribution in [2.24, 2.45) is 4.99 Å². The summed E-state index contributed by atoms with van der Waals surface area (Å²) in [6.07, 6.45) is 7.85. The Kier molecular flexibility index (Phi) is 4.07. The number of benzene rings is 1. The first-order chi connectivity index (χ1) is 11.9. The molecule has 0 spiro atoms. The van der Waals surface area contributed by atoms with Crippen LogP contribution in [0.1, 0.15) is 24.2 Å². The quantitative estimate of drug-likeness (QED) is 0.681. The van der Waals surface area contributed by atoms with E-state index in [1.807, 2.05) is 42.6 Å². The molecule has 2 aromatic heterocycles. The summed E-state index contributed by atoms with van der Waals surface area (Å²) in [5, 5.41) is 0. The molecule has 1 aliphatic rings. The number of hydrogen-bond donors (Lipinski definition) is 0. The molecule has 0 amide bonds. The minimum atomic E-state index is 0.863. The van der Waals surface area contributed by atoms with Gasteiger partial charge in [0, 0.05) is 30.1 Å². The van der Waals surface area contributed by atoms with Crippen LogP contribution in [0.25, 0.3) is 17.4 Å². The van der Waals surface area contributed by atoms with E-state index in [1.165, 1.54) is 5.57 Å². The van der Waals surface area contributed by atoms with Gasteiger partial charge in [-0.25, -0.2) is 0 Å². The molecule has 0 saturated carbocycles. The summed E-state index contributed by atoms with van der Waals surface area (Å²) in [5.41, 5.74) is 4.40. The zero-order valence-electron chi connectivity index (χ0n) is 13.4. The van der Waals surface area contributed by atoms with Gasteiger partial charge in [-0.3, -0.25) is 9.98 Å². The van der Waals surface area contributed by atoms with Crippen LogP contribution in [-0.2, 0) is 0 Å². The molecular weight excluding hydrogens is 296 g/mol. The zero-order valence-corrected chi connectivity index (χ0v) is 13.4. The lowest BCUT2D eigenvalue weighted by atomic mass is 9.96. The van der Waals surface area contributed by atoms with Gasteiger partial charge in [-0.15, -0.1) is 0 Å². The minimum Gasteiger partial charge on any atom is -0.457 e. The number of hydrogen-bond acceptors (Lipinski definition) is 3. The first-order valence-corrected chi connectivity index (χ1v) is 8.21. The molecule has 0 atom stereocenters. The van der Waals surface area contributed by atoms with Gasteiger partial charge in [-0.05, 0) is 48.8 Å². The molecule has 118 valence electrons. The van der Waals surface area contributed by atoms with Crippen LogP contribution in [0.2, 0.25) is 0 Å². The predicted octanol–water partition coefficient (Wildman–Crippen LogP) is 5.01. The average Bonchev–Trinajstić information content (AvgIpc) is 3.12. The standard InChI is InChI=1S/C21H18N2O/c1-2-6-16(7-3-1)20-11-10-19(24-20)14-17-8-5-13-23-21(17)18-9-4-12-22-15-18/h1-4,6-7,9-12,14-15H,5,8,13H2/b17-14-. The van der Waals surface area contributed by atoms with Gasteiger partial charge in [0.05, 0.1) is 5.71 Å². The summed E-state index contributed by atoms with van der Waals surface area (Å²) in [6, 6.07) is 18.2. The molecule has 24 heavy (non-hydrogen) atoms. The van der Waals surface area contributed by atoms with Crippen molar-refractivity contribution in [2.75, 3.05) is 6.54 Å². The lowest BCUT2D eigenvalue weighted by Crippen LogP contribution is -2.11. The number of allylic oxidation sites excluding steroid dienone is 1. The van der Waals surface area contributed by atoms with Crippen molar-refractivity contribution in [3.63, 3.8) is 0 Å². The van der Waals surface area contributed by atoms with Gasteiger partial charge in [-0.2, -0.15) is 0 Å². The highest BCUT2D eigenvalue weighted by Crippen LogP contribution is 2.26. The van der Waals surface area contributed by atoms with Crippen LogP contribution in [0.5, 0.6) is 0 Å². The highest BCUT2D eigenvalue weighted by molar-refractivity contribution is 6.15. The van der Waals surface area contributed by atoms with Crippen molar-refractivity contribution >= 4 is 11.8 Å². The van der Waals surface area contributed by atoms with Gasteiger partial charge >= 0.3 is 0 Å². The maximum absolute atomic E-state index is 6.01. The second-order valence-corrected chi connectivity index (χ2v) is 5.81. The summed E-state index contributed by atoms with van der Waals surface area (Å²) >= 11 is 0. The van der Waals surface area contributed by atoms with E-state index in [-0.39, 0.29) is 0 Å². The van der Waals surface area contributed by atoms with E-state index in [0.29, 0.717) is 0 Å². The molecule has 0 fully saturated rings. The summed E-state index contributed by atoms with van der Waals surface area (Å²) in [7, 11) is 0. The third-order valence-electron chi connectivity index (χ3n) is 4.11. The Morgan fingerprint density at radius 2 is 1.79 bits per heavy atom. The second-order valence-electron chi connectivity index (χ2n) is 5.81. The topological polar surface area (TPSA) is 38.4 Å². The molecule has 3 aromatic rings. The molecule has 0 aliphatic carbocycles. The van der Waals surface area contributed by atoms with Crippen molar-refractivity contribution in [1.29, 1.82) is 0 Å². The van der Waals surface area contributed by atoms with E-state index in [2.05, 4.69) is 29.3 Å². The third-order valence-corrected chi connectivity index (χ3v) is 4.11. The molecule has 0 N–H and O–H groups in total. The Bertz CT molecular complexity index is 876. The molecule has 1 aliphatic heterocycles. The Balaban J connectivity index is 1.66. The fourth-order valence-corrected chi connectivity index (χ4v) is 2.96. The fourth-order valence-electron chi connectivity index (χ4n) is 2.96. The molecule has 0 radical (unpaired) electrons. The second kappa shape index (κ2) is 6.67. The van der Waals surface area contributed by atoms with Crippen molar-refractivity contribution in [1.82, 2.24) is 4.98 Å². The molecule has 3 nitrogen and oxygen atoms in total. The monoisotopic (exact) mass is 314 g/mol. The Hall–Kier alpha value is -2.94. The summed E-state index contributed by atoms with van der Waals surface area (Å²) in [6.45, 7) is 0.870. The Labute approximate surface area is 141 Å². The van der Waals surface area contributed by atoms with E-state index in [4.69, 9.17) is 9.41 Å². The Morgan fingerprint density at radius 3 is 2.62 bits per heavy atom. The van der Waals surface area contributed by atoms with Crippen LogP contribution in [0, 0.1) is 0 Å². The normalized spacial score (nSPS) is 16.2. The van der Waals surface area contributed by atoms with Crippen LogP contribution in [0.15, 0.2) is 82.0 Å². The van der Waals surface area contributed by atoms with Crippen LogP contribution in [0.3, 0.4) is 0 Å². The van der Waals surface area contributed by atoms with E-state index in [0.717, 1.165) is 47.7 Å². The maximum Gasteiger partial charge on any atom is 0.134 e. The largest absolute Gasteiger partial charge is 0.457 e. The number of aromatic nitrogens is 1. The number of aliphatic imine (C=N–C) groups is 1. The predicted molar refractivity (Wildman–Crippen MR) is 97.0 cm³/mol. The zero-order chi connectivity index (χ0) is 16.2. The average molecular weight is 314 g/mol. The van der Waals surface area contributed by atoms with E-state index in [9.17, 15) is 0 Å². The van der Waals surface area contributed by atoms with Crippen molar-refractivity contribution in [3.05, 3.63) is 83.9 Å². The van der Waals surface area contributed by atoms with Crippen molar-refractivity contribution in [2.45, 2.75) is 12.8 Å². The van der Waals surface area contributed by atoms with Crippen LogP contribution in [0.4, 0.5) is 0 Å². The van der Waals surface area contributed by atoms with Gasteiger partial charge in [0.1, 0.15) is 11.5 Å². The van der Waals surface area contributed by atoms with Crippen molar-refractivity contribution in [3.8, 4) is 11.3 Å². The highest BCUT2D eigenvalue weighted by Gasteiger charge is 2.15. The number of furan rings is 1. The van der Waals surface area contributed by atoms with Gasteiger partial charge in [0.2, 0.25) is 0 Å². The fraction of sp³-hybridized carbons (Fsp3) is 0.143. The van der Waals surface area contributed by atoms with Gasteiger partial charge < -0.3 is 4.42 Å². The molecule has 0 unspecified atom stereocenters. The Morgan fingerprint density at radius 1 is 0.917 bits per heavy atom. The smallest absolute Gasteiger partial charge is 0.134 e. The van der Waals surface area contributed by atoms with E-state index in [1.54, 1.807) is 6.20 Å².